The molecule has 0 fully saturated rings. The summed E-state index contributed by atoms with van der Waals surface area (Å²) >= 11 is 4.64. The lowest BCUT2D eigenvalue weighted by molar-refractivity contribution is -0.144. The van der Waals surface area contributed by atoms with Gasteiger partial charge in [-0.1, -0.05) is 59.7 Å². The molecule has 2 N–H and O–H groups in total. The van der Waals surface area contributed by atoms with Gasteiger partial charge in [-0.25, -0.2) is 0 Å². The number of ether oxygens (including phenoxy) is 1. The van der Waals surface area contributed by atoms with E-state index in [1.165, 1.54) is 11.3 Å². The first-order chi connectivity index (χ1) is 14.3. The highest BCUT2D eigenvalue weighted by molar-refractivity contribution is 9.10. The molecule has 0 saturated carbocycles. The molecule has 0 aliphatic heterocycles. The minimum Gasteiger partial charge on any atom is -0.466 e. The number of benzene rings is 1. The quantitative estimate of drug-likeness (QED) is 0.484. The van der Waals surface area contributed by atoms with Crippen LogP contribution < -0.4 is 10.6 Å². The third-order valence-electron chi connectivity index (χ3n) is 4.42. The van der Waals surface area contributed by atoms with Crippen molar-refractivity contribution in [1.82, 2.24) is 15.5 Å². The maximum Gasteiger partial charge on any atom is 0.306 e. The summed E-state index contributed by atoms with van der Waals surface area (Å²) in [4.78, 5) is 36.5. The molecule has 2 aromatic rings. The fourth-order valence-corrected chi connectivity index (χ4v) is 3.58. The lowest BCUT2D eigenvalue weighted by Gasteiger charge is -2.22. The minimum absolute atomic E-state index is 0.0263. The number of halogens is 1. The summed E-state index contributed by atoms with van der Waals surface area (Å²) in [6.07, 6.45) is 0.629. The van der Waals surface area contributed by atoms with Crippen molar-refractivity contribution in [3.05, 3.63) is 28.7 Å². The fourth-order valence-electron chi connectivity index (χ4n) is 2.56. The van der Waals surface area contributed by atoms with Crippen molar-refractivity contribution < 1.29 is 19.1 Å². The molecule has 1 aromatic heterocycles. The molecule has 2 amide bonds. The van der Waals surface area contributed by atoms with Crippen molar-refractivity contribution in [1.29, 1.82) is 0 Å². The van der Waals surface area contributed by atoms with E-state index in [0.717, 1.165) is 10.0 Å². The SMILES string of the molecule is CCOC(=O)CCC(=O)N[C@H](C(=O)Nc1nnc(-c2ccc(Br)cc2)s1)[C@H](C)CC. The average molecular weight is 497 g/mol. The van der Waals surface area contributed by atoms with Crippen LogP contribution in [0.15, 0.2) is 28.7 Å². The Bertz CT molecular complexity index is 872. The van der Waals surface area contributed by atoms with Crippen molar-refractivity contribution in [2.45, 2.75) is 46.1 Å². The molecular formula is C20H25BrN4O4S. The number of esters is 1. The van der Waals surface area contributed by atoms with Crippen molar-refractivity contribution in [3.8, 4) is 10.6 Å². The minimum atomic E-state index is -0.746. The van der Waals surface area contributed by atoms with E-state index in [2.05, 4.69) is 36.8 Å². The van der Waals surface area contributed by atoms with Gasteiger partial charge < -0.3 is 10.1 Å². The zero-order valence-corrected chi connectivity index (χ0v) is 19.5. The van der Waals surface area contributed by atoms with Crippen LogP contribution in [0.3, 0.4) is 0 Å². The number of carbonyl (C=O) groups is 3. The third-order valence-corrected chi connectivity index (χ3v) is 5.84. The van der Waals surface area contributed by atoms with Crippen molar-refractivity contribution in [3.63, 3.8) is 0 Å². The highest BCUT2D eigenvalue weighted by Crippen LogP contribution is 2.27. The number of rotatable bonds is 10. The van der Waals surface area contributed by atoms with E-state index in [0.29, 0.717) is 16.6 Å². The molecular weight excluding hydrogens is 472 g/mol. The van der Waals surface area contributed by atoms with E-state index in [1.807, 2.05) is 38.1 Å². The first-order valence-corrected chi connectivity index (χ1v) is 11.3. The summed E-state index contributed by atoms with van der Waals surface area (Å²) in [5.41, 5.74) is 0.891. The van der Waals surface area contributed by atoms with Gasteiger partial charge in [-0.3, -0.25) is 19.7 Å². The lowest BCUT2D eigenvalue weighted by Crippen LogP contribution is -2.47. The Morgan fingerprint density at radius 1 is 1.13 bits per heavy atom. The number of nitrogens with one attached hydrogen (secondary N) is 2. The molecule has 162 valence electrons. The zero-order valence-electron chi connectivity index (χ0n) is 17.1. The molecule has 2 atom stereocenters. The van der Waals surface area contributed by atoms with E-state index in [9.17, 15) is 14.4 Å². The van der Waals surface area contributed by atoms with Crippen LogP contribution >= 0.6 is 27.3 Å². The van der Waals surface area contributed by atoms with Crippen molar-refractivity contribution in [2.24, 2.45) is 5.92 Å². The van der Waals surface area contributed by atoms with Gasteiger partial charge in [-0.15, -0.1) is 10.2 Å². The van der Waals surface area contributed by atoms with Crippen LogP contribution in [0.5, 0.6) is 0 Å². The fraction of sp³-hybridized carbons (Fsp3) is 0.450. The number of hydrogen-bond donors (Lipinski definition) is 2. The van der Waals surface area contributed by atoms with Crippen LogP contribution in [-0.2, 0) is 19.1 Å². The lowest BCUT2D eigenvalue weighted by atomic mass is 9.98. The molecule has 2 rings (SSSR count). The first kappa shape index (κ1) is 23.9. The molecule has 0 aliphatic rings. The van der Waals surface area contributed by atoms with Gasteiger partial charge in [-0.2, -0.15) is 0 Å². The van der Waals surface area contributed by atoms with Gasteiger partial charge in [-0.05, 0) is 25.0 Å². The summed E-state index contributed by atoms with van der Waals surface area (Å²) < 4.78 is 5.78. The number of anilines is 1. The molecule has 0 spiro atoms. The smallest absolute Gasteiger partial charge is 0.306 e. The van der Waals surface area contributed by atoms with Gasteiger partial charge in [0.2, 0.25) is 16.9 Å². The summed E-state index contributed by atoms with van der Waals surface area (Å²) in [6, 6.07) is 6.87. The maximum atomic E-state index is 12.8. The predicted molar refractivity (Wildman–Crippen MR) is 119 cm³/mol. The number of amides is 2. The topological polar surface area (TPSA) is 110 Å². The van der Waals surface area contributed by atoms with E-state index in [-0.39, 0.29) is 37.2 Å². The first-order valence-electron chi connectivity index (χ1n) is 9.69. The molecule has 0 saturated heterocycles. The van der Waals surface area contributed by atoms with Crippen LogP contribution in [-0.4, -0.2) is 40.6 Å². The summed E-state index contributed by atoms with van der Waals surface area (Å²) in [6.45, 7) is 5.79. The standard InChI is InChI=1S/C20H25BrN4O4S/c1-4-12(3)17(22-15(26)10-11-16(27)29-5-2)18(28)23-20-25-24-19(30-20)13-6-8-14(21)9-7-13/h6-9,12,17H,4-5,10-11H2,1-3H3,(H,22,26)(H,23,25,28)/t12-,17+/m1/s1. The Balaban J connectivity index is 2.00. The van der Waals surface area contributed by atoms with Gasteiger partial charge in [0.15, 0.2) is 0 Å². The Morgan fingerprint density at radius 3 is 2.47 bits per heavy atom. The molecule has 10 heteroatoms. The molecule has 0 unspecified atom stereocenters. The van der Waals surface area contributed by atoms with Crippen LogP contribution in [0.25, 0.3) is 10.6 Å². The Morgan fingerprint density at radius 2 is 1.83 bits per heavy atom. The number of hydrogen-bond acceptors (Lipinski definition) is 7. The second-order valence-electron chi connectivity index (χ2n) is 6.64. The average Bonchev–Trinajstić information content (AvgIpc) is 3.19. The van der Waals surface area contributed by atoms with Crippen LogP contribution in [0.2, 0.25) is 0 Å². The normalized spacial score (nSPS) is 12.7. The van der Waals surface area contributed by atoms with Crippen LogP contribution in [0.4, 0.5) is 5.13 Å². The Kier molecular flexibility index (Phi) is 9.38. The second-order valence-corrected chi connectivity index (χ2v) is 8.54. The third kappa shape index (κ3) is 7.17. The molecule has 0 aliphatic carbocycles. The largest absolute Gasteiger partial charge is 0.466 e. The number of carbonyl (C=O) groups excluding carboxylic acids is 3. The van der Waals surface area contributed by atoms with Gasteiger partial charge >= 0.3 is 5.97 Å². The second kappa shape index (κ2) is 11.8. The van der Waals surface area contributed by atoms with E-state index in [4.69, 9.17) is 4.74 Å². The van der Waals surface area contributed by atoms with Crippen molar-refractivity contribution in [2.75, 3.05) is 11.9 Å². The van der Waals surface area contributed by atoms with E-state index >= 15 is 0 Å². The highest BCUT2D eigenvalue weighted by Gasteiger charge is 2.27. The zero-order chi connectivity index (χ0) is 22.1. The van der Waals surface area contributed by atoms with Gasteiger partial charge in [0.1, 0.15) is 11.0 Å². The molecule has 8 nitrogen and oxygen atoms in total. The van der Waals surface area contributed by atoms with Gasteiger partial charge in [0.05, 0.1) is 13.0 Å². The molecule has 1 aromatic carbocycles. The summed E-state index contributed by atoms with van der Waals surface area (Å²) in [5, 5.41) is 14.6. The Labute approximate surface area is 187 Å². The molecule has 30 heavy (non-hydrogen) atoms. The van der Waals surface area contributed by atoms with E-state index < -0.39 is 12.0 Å². The number of aromatic nitrogens is 2. The highest BCUT2D eigenvalue weighted by atomic mass is 79.9. The Hall–Kier alpha value is -2.33. The molecule has 1 heterocycles. The monoisotopic (exact) mass is 496 g/mol. The van der Waals surface area contributed by atoms with Gasteiger partial charge in [0, 0.05) is 16.5 Å². The van der Waals surface area contributed by atoms with Crippen LogP contribution in [0.1, 0.15) is 40.0 Å². The predicted octanol–water partition coefficient (Wildman–Crippen LogP) is 3.78. The number of nitrogens with zero attached hydrogens (tertiary/aromatic N) is 2. The van der Waals surface area contributed by atoms with Gasteiger partial charge in [0.25, 0.3) is 0 Å². The van der Waals surface area contributed by atoms with Crippen molar-refractivity contribution >= 4 is 50.2 Å². The van der Waals surface area contributed by atoms with Crippen LogP contribution in [0, 0.1) is 5.92 Å². The summed E-state index contributed by atoms with van der Waals surface area (Å²) in [7, 11) is 0. The maximum absolute atomic E-state index is 12.8. The molecule has 0 radical (unpaired) electrons. The van der Waals surface area contributed by atoms with E-state index in [1.54, 1.807) is 6.92 Å². The summed E-state index contributed by atoms with van der Waals surface area (Å²) in [5.74, 6) is -1.29. The molecule has 0 bridgehead atoms.